The lowest BCUT2D eigenvalue weighted by Crippen LogP contribution is -2.43. The molecule has 3 aliphatic rings. The first-order chi connectivity index (χ1) is 14.1. The minimum absolute atomic E-state index is 0.0249. The van der Waals surface area contributed by atoms with E-state index in [1.807, 2.05) is 66.2 Å². The third kappa shape index (κ3) is 1.88. The number of allylic oxidation sites excluding steroid dienone is 1. The Morgan fingerprint density at radius 3 is 2.55 bits per heavy atom. The number of Topliss-reactive ketones (excluding diaryl/α,β-unsaturated/α-hetero) is 1. The van der Waals surface area contributed by atoms with Crippen LogP contribution in [0, 0.1) is 6.92 Å². The van der Waals surface area contributed by atoms with Crippen LogP contribution in [0.25, 0.3) is 5.69 Å². The van der Waals surface area contributed by atoms with E-state index in [2.05, 4.69) is 10.6 Å². The monoisotopic (exact) mass is 382 g/mol. The molecule has 1 atom stereocenters. The summed E-state index contributed by atoms with van der Waals surface area (Å²) >= 11 is 0. The zero-order valence-electron chi connectivity index (χ0n) is 15.8. The van der Waals surface area contributed by atoms with Gasteiger partial charge in [-0.05, 0) is 31.5 Å². The fourth-order valence-electron chi connectivity index (χ4n) is 5.09. The van der Waals surface area contributed by atoms with Gasteiger partial charge in [0.25, 0.3) is 0 Å². The summed E-state index contributed by atoms with van der Waals surface area (Å²) in [5.41, 5.74) is 4.22. The van der Waals surface area contributed by atoms with Crippen LogP contribution in [0.1, 0.15) is 29.7 Å². The van der Waals surface area contributed by atoms with Gasteiger partial charge >= 0.3 is 0 Å². The molecule has 6 heteroatoms. The number of nitrogens with zero attached hydrogens (tertiary/aromatic N) is 2. The molecule has 142 valence electrons. The Kier molecular flexibility index (Phi) is 3.06. The smallest absolute Gasteiger partial charge is 0.244 e. The number of carbonyl (C=O) groups excluding carboxylic acids is 2. The van der Waals surface area contributed by atoms with Crippen LogP contribution in [0.15, 0.2) is 65.9 Å². The largest absolute Gasteiger partial charge is 0.343 e. The van der Waals surface area contributed by atoms with Crippen molar-refractivity contribution in [3.8, 4) is 5.69 Å². The van der Waals surface area contributed by atoms with Crippen molar-refractivity contribution in [2.45, 2.75) is 25.2 Å². The number of hydrogen-bond donors (Lipinski definition) is 2. The second kappa shape index (κ2) is 5.44. The summed E-state index contributed by atoms with van der Waals surface area (Å²) in [6.07, 6.45) is 1.01. The van der Waals surface area contributed by atoms with Crippen molar-refractivity contribution in [2.75, 3.05) is 10.6 Å². The maximum absolute atomic E-state index is 13.6. The number of amides is 1. The Labute approximate surface area is 167 Å². The fourth-order valence-corrected chi connectivity index (χ4v) is 5.09. The first-order valence-corrected chi connectivity index (χ1v) is 9.72. The van der Waals surface area contributed by atoms with Crippen LogP contribution < -0.4 is 10.6 Å². The predicted octanol–water partition coefficient (Wildman–Crippen LogP) is 3.46. The Bertz CT molecular complexity index is 1260. The van der Waals surface area contributed by atoms with Gasteiger partial charge < -0.3 is 10.6 Å². The standard InChI is InChI=1S/C23H18N4O2/c1-13-19-21(27(26-13)14-7-3-2-4-8-14)24-17-11-12-18(28)20(17)23(19)15-9-5-6-10-16(15)25-22(23)29/h2-10,24H,11-12H2,1H3,(H,25,29)/t23-/m0/s1. The molecule has 2 aliphatic heterocycles. The summed E-state index contributed by atoms with van der Waals surface area (Å²) in [5, 5.41) is 11.3. The molecule has 3 heterocycles. The van der Waals surface area contributed by atoms with E-state index in [0.717, 1.165) is 39.7 Å². The van der Waals surface area contributed by atoms with E-state index < -0.39 is 5.41 Å². The van der Waals surface area contributed by atoms with Gasteiger partial charge in [0.2, 0.25) is 5.91 Å². The molecule has 6 nitrogen and oxygen atoms in total. The number of hydrogen-bond acceptors (Lipinski definition) is 4. The summed E-state index contributed by atoms with van der Waals surface area (Å²) < 4.78 is 1.84. The quantitative estimate of drug-likeness (QED) is 0.676. The highest BCUT2D eigenvalue weighted by molar-refractivity contribution is 6.20. The highest BCUT2D eigenvalue weighted by Crippen LogP contribution is 2.56. The molecule has 0 saturated carbocycles. The molecule has 6 rings (SSSR count). The average Bonchev–Trinajstić information content (AvgIpc) is 3.36. The van der Waals surface area contributed by atoms with Crippen molar-refractivity contribution in [1.29, 1.82) is 0 Å². The molecule has 1 spiro atoms. The van der Waals surface area contributed by atoms with Crippen LogP contribution >= 0.6 is 0 Å². The second-order valence-corrected chi connectivity index (χ2v) is 7.71. The first-order valence-electron chi connectivity index (χ1n) is 9.72. The molecule has 0 unspecified atom stereocenters. The minimum Gasteiger partial charge on any atom is -0.343 e. The summed E-state index contributed by atoms with van der Waals surface area (Å²) in [6.45, 7) is 1.90. The van der Waals surface area contributed by atoms with Gasteiger partial charge in [-0.25, -0.2) is 4.68 Å². The summed E-state index contributed by atoms with van der Waals surface area (Å²) in [5.74, 6) is 0.603. The molecule has 2 aromatic carbocycles. The van der Waals surface area contributed by atoms with Gasteiger partial charge in [0.15, 0.2) is 5.78 Å². The normalized spacial score (nSPS) is 21.7. The molecule has 1 aliphatic carbocycles. The number of aryl methyl sites for hydroxylation is 1. The maximum Gasteiger partial charge on any atom is 0.244 e. The van der Waals surface area contributed by atoms with E-state index in [1.54, 1.807) is 0 Å². The molecule has 2 N–H and O–H groups in total. The van der Waals surface area contributed by atoms with Crippen molar-refractivity contribution in [3.63, 3.8) is 0 Å². The Morgan fingerprint density at radius 1 is 0.966 bits per heavy atom. The number of carbonyl (C=O) groups is 2. The zero-order chi connectivity index (χ0) is 19.8. The van der Waals surface area contributed by atoms with E-state index in [-0.39, 0.29) is 11.7 Å². The van der Waals surface area contributed by atoms with Gasteiger partial charge in [-0.1, -0.05) is 36.4 Å². The summed E-state index contributed by atoms with van der Waals surface area (Å²) in [4.78, 5) is 26.6. The highest BCUT2D eigenvalue weighted by atomic mass is 16.2. The van der Waals surface area contributed by atoms with Crippen LogP contribution in [0.2, 0.25) is 0 Å². The van der Waals surface area contributed by atoms with Crippen molar-refractivity contribution < 1.29 is 9.59 Å². The Balaban J connectivity index is 1.73. The fraction of sp³-hybridized carbons (Fsp3) is 0.174. The maximum atomic E-state index is 13.6. The van der Waals surface area contributed by atoms with Gasteiger partial charge in [-0.15, -0.1) is 0 Å². The second-order valence-electron chi connectivity index (χ2n) is 7.71. The van der Waals surface area contributed by atoms with Crippen LogP contribution in [0.4, 0.5) is 11.5 Å². The van der Waals surface area contributed by atoms with Gasteiger partial charge in [0, 0.05) is 34.5 Å². The number of fused-ring (bicyclic) bond motifs is 5. The number of benzene rings is 2. The number of nitrogens with one attached hydrogen (secondary N) is 2. The van der Waals surface area contributed by atoms with Crippen molar-refractivity contribution in [2.24, 2.45) is 0 Å². The summed E-state index contributed by atoms with van der Waals surface area (Å²) in [7, 11) is 0. The topological polar surface area (TPSA) is 76.0 Å². The molecule has 0 radical (unpaired) electrons. The molecule has 3 aromatic rings. The molecular weight excluding hydrogens is 364 g/mol. The minimum atomic E-state index is -1.16. The van der Waals surface area contributed by atoms with E-state index >= 15 is 0 Å². The Hall–Kier alpha value is -3.67. The highest BCUT2D eigenvalue weighted by Gasteiger charge is 2.59. The molecule has 0 bridgehead atoms. The van der Waals surface area contributed by atoms with Crippen molar-refractivity contribution in [1.82, 2.24) is 9.78 Å². The lowest BCUT2D eigenvalue weighted by atomic mass is 9.67. The number of para-hydroxylation sites is 2. The third-order valence-corrected chi connectivity index (χ3v) is 6.18. The van der Waals surface area contributed by atoms with Crippen LogP contribution in [-0.2, 0) is 15.0 Å². The predicted molar refractivity (Wildman–Crippen MR) is 109 cm³/mol. The third-order valence-electron chi connectivity index (χ3n) is 6.18. The Morgan fingerprint density at radius 2 is 1.72 bits per heavy atom. The molecule has 1 aromatic heterocycles. The number of anilines is 2. The van der Waals surface area contributed by atoms with Gasteiger partial charge in [0.1, 0.15) is 11.2 Å². The van der Waals surface area contributed by atoms with Crippen LogP contribution in [0.5, 0.6) is 0 Å². The number of aromatic nitrogens is 2. The molecule has 0 saturated heterocycles. The van der Waals surface area contributed by atoms with Crippen LogP contribution in [-0.4, -0.2) is 21.5 Å². The van der Waals surface area contributed by atoms with E-state index in [4.69, 9.17) is 5.10 Å². The molecule has 0 fully saturated rings. The lowest BCUT2D eigenvalue weighted by Gasteiger charge is -2.34. The van der Waals surface area contributed by atoms with Crippen molar-refractivity contribution in [3.05, 3.63) is 82.7 Å². The van der Waals surface area contributed by atoms with Crippen LogP contribution in [0.3, 0.4) is 0 Å². The van der Waals surface area contributed by atoms with Gasteiger partial charge in [-0.2, -0.15) is 5.10 Å². The lowest BCUT2D eigenvalue weighted by molar-refractivity contribution is -0.121. The molecule has 29 heavy (non-hydrogen) atoms. The number of rotatable bonds is 1. The van der Waals surface area contributed by atoms with Crippen molar-refractivity contribution >= 4 is 23.2 Å². The average molecular weight is 382 g/mol. The molecular formula is C23H18N4O2. The SMILES string of the molecule is Cc1nn(-c2ccccc2)c2c1[C@]1(C(=O)Nc3ccccc31)C1=C(CCC1=O)N2. The number of ketones is 1. The van der Waals surface area contributed by atoms with Gasteiger partial charge in [-0.3, -0.25) is 9.59 Å². The van der Waals surface area contributed by atoms with E-state index in [0.29, 0.717) is 18.4 Å². The summed E-state index contributed by atoms with van der Waals surface area (Å²) in [6, 6.07) is 17.5. The van der Waals surface area contributed by atoms with E-state index in [1.165, 1.54) is 0 Å². The first kappa shape index (κ1) is 16.3. The molecule has 1 amide bonds. The van der Waals surface area contributed by atoms with E-state index in [9.17, 15) is 9.59 Å². The zero-order valence-corrected chi connectivity index (χ0v) is 15.8. The van der Waals surface area contributed by atoms with Gasteiger partial charge in [0.05, 0.1) is 11.4 Å².